The summed E-state index contributed by atoms with van der Waals surface area (Å²) in [5.74, 6) is 0.143. The molecule has 0 aliphatic carbocycles. The third kappa shape index (κ3) is 3.06. The molecule has 0 aliphatic rings. The fourth-order valence-electron chi connectivity index (χ4n) is 1.97. The number of fused-ring (bicyclic) bond motifs is 1. The Kier molecular flexibility index (Phi) is 4.62. The van der Waals surface area contributed by atoms with Gasteiger partial charge in [-0.3, -0.25) is 0 Å². The lowest BCUT2D eigenvalue weighted by Crippen LogP contribution is -2.06. The topological polar surface area (TPSA) is 72.5 Å². The van der Waals surface area contributed by atoms with E-state index >= 15 is 0 Å². The summed E-state index contributed by atoms with van der Waals surface area (Å²) in [6.07, 6.45) is 2.20. The Morgan fingerprint density at radius 3 is 2.86 bits per heavy atom. The Hall–Kier alpha value is -2.74. The van der Waals surface area contributed by atoms with E-state index < -0.39 is 0 Å². The Bertz CT molecular complexity index is 721. The molecule has 0 saturated carbocycles. The van der Waals surface area contributed by atoms with Gasteiger partial charge in [-0.2, -0.15) is 5.26 Å². The van der Waals surface area contributed by atoms with Gasteiger partial charge in [0, 0.05) is 5.57 Å². The third-order valence-corrected chi connectivity index (χ3v) is 3.04. The zero-order valence-corrected chi connectivity index (χ0v) is 11.9. The highest BCUT2D eigenvalue weighted by atomic mass is 16.5. The van der Waals surface area contributed by atoms with Gasteiger partial charge in [0.05, 0.1) is 12.5 Å². The highest BCUT2D eigenvalue weighted by Gasteiger charge is 2.15. The van der Waals surface area contributed by atoms with Crippen molar-refractivity contribution in [3.8, 4) is 11.8 Å². The molecule has 0 N–H and O–H groups in total. The molecule has 1 heterocycles. The predicted octanol–water partition coefficient (Wildman–Crippen LogP) is 3.19. The first kappa shape index (κ1) is 14.7. The number of hydrogen-bond acceptors (Lipinski definition) is 5. The van der Waals surface area contributed by atoms with Crippen LogP contribution in [0.2, 0.25) is 0 Å². The van der Waals surface area contributed by atoms with Gasteiger partial charge in [0.1, 0.15) is 18.3 Å². The number of rotatable bonds is 5. The highest BCUT2D eigenvalue weighted by molar-refractivity contribution is 5.88. The second kappa shape index (κ2) is 6.62. The number of carbonyl (C=O) groups is 1. The SMILES string of the molecule is CC/C(=C/COc1c(C#N)oc2ccccc12)C(=O)OC. The van der Waals surface area contributed by atoms with Gasteiger partial charge >= 0.3 is 5.97 Å². The van der Waals surface area contributed by atoms with Crippen molar-refractivity contribution in [3.63, 3.8) is 0 Å². The van der Waals surface area contributed by atoms with Gasteiger partial charge in [-0.15, -0.1) is 0 Å². The van der Waals surface area contributed by atoms with Gasteiger partial charge in [0.15, 0.2) is 5.75 Å². The van der Waals surface area contributed by atoms with E-state index in [0.29, 0.717) is 23.3 Å². The molecular formula is C16H15NO4. The van der Waals surface area contributed by atoms with Crippen LogP contribution >= 0.6 is 0 Å². The monoisotopic (exact) mass is 285 g/mol. The average molecular weight is 285 g/mol. The van der Waals surface area contributed by atoms with Crippen molar-refractivity contribution in [1.82, 2.24) is 0 Å². The van der Waals surface area contributed by atoms with Crippen LogP contribution < -0.4 is 4.74 Å². The second-order valence-electron chi connectivity index (χ2n) is 4.25. The Labute approximate surface area is 122 Å². The van der Waals surface area contributed by atoms with Gasteiger partial charge in [-0.05, 0) is 24.6 Å². The number of esters is 1. The van der Waals surface area contributed by atoms with E-state index in [0.717, 1.165) is 5.39 Å². The van der Waals surface area contributed by atoms with Crippen molar-refractivity contribution >= 4 is 16.9 Å². The first-order chi connectivity index (χ1) is 10.2. The Morgan fingerprint density at radius 1 is 1.43 bits per heavy atom. The van der Waals surface area contributed by atoms with Crippen molar-refractivity contribution < 1.29 is 18.7 Å². The summed E-state index contributed by atoms with van der Waals surface area (Å²) in [6, 6.07) is 9.22. The number of ether oxygens (including phenoxy) is 2. The van der Waals surface area contributed by atoms with Crippen LogP contribution in [0.15, 0.2) is 40.3 Å². The molecule has 1 aromatic heterocycles. The number of benzene rings is 1. The molecule has 0 spiro atoms. The van der Waals surface area contributed by atoms with Crippen molar-refractivity contribution in [1.29, 1.82) is 5.26 Å². The van der Waals surface area contributed by atoms with Crippen LogP contribution in [0.25, 0.3) is 11.0 Å². The zero-order chi connectivity index (χ0) is 15.2. The summed E-state index contributed by atoms with van der Waals surface area (Å²) in [6.45, 7) is 2.02. The van der Waals surface area contributed by atoms with Crippen LogP contribution in [0.5, 0.6) is 5.75 Å². The first-order valence-electron chi connectivity index (χ1n) is 6.53. The maximum absolute atomic E-state index is 11.5. The van der Waals surface area contributed by atoms with Crippen LogP contribution in [0.1, 0.15) is 19.1 Å². The number of carbonyl (C=O) groups excluding carboxylic acids is 1. The minimum absolute atomic E-state index is 0.126. The molecular weight excluding hydrogens is 270 g/mol. The van der Waals surface area contributed by atoms with E-state index in [2.05, 4.69) is 4.74 Å². The molecule has 0 amide bonds. The molecule has 5 heteroatoms. The van der Waals surface area contributed by atoms with Gasteiger partial charge in [-0.25, -0.2) is 4.79 Å². The van der Waals surface area contributed by atoms with Gasteiger partial charge < -0.3 is 13.9 Å². The van der Waals surface area contributed by atoms with E-state index in [-0.39, 0.29) is 18.3 Å². The third-order valence-electron chi connectivity index (χ3n) is 3.04. The summed E-state index contributed by atoms with van der Waals surface area (Å²) >= 11 is 0. The molecule has 2 rings (SSSR count). The standard InChI is InChI=1S/C16H15NO4/c1-3-11(16(18)19-2)8-9-20-15-12-6-4-5-7-13(12)21-14(15)10-17/h4-8H,3,9H2,1-2H3/b11-8-. The van der Waals surface area contributed by atoms with Crippen LogP contribution in [-0.2, 0) is 9.53 Å². The molecule has 0 radical (unpaired) electrons. The van der Waals surface area contributed by atoms with Gasteiger partial charge in [0.2, 0.25) is 5.76 Å². The highest BCUT2D eigenvalue weighted by Crippen LogP contribution is 2.32. The number of nitriles is 1. The minimum atomic E-state index is -0.376. The van der Waals surface area contributed by atoms with E-state index in [1.54, 1.807) is 12.1 Å². The molecule has 0 unspecified atom stereocenters. The lowest BCUT2D eigenvalue weighted by Gasteiger charge is -2.04. The molecule has 0 bridgehead atoms. The van der Waals surface area contributed by atoms with Crippen molar-refractivity contribution in [2.24, 2.45) is 0 Å². The lowest BCUT2D eigenvalue weighted by molar-refractivity contribution is -0.136. The van der Waals surface area contributed by atoms with E-state index in [1.165, 1.54) is 7.11 Å². The maximum Gasteiger partial charge on any atom is 0.333 e. The quantitative estimate of drug-likeness (QED) is 0.623. The van der Waals surface area contributed by atoms with Gasteiger partial charge in [0.25, 0.3) is 0 Å². The number of methoxy groups -OCH3 is 1. The van der Waals surface area contributed by atoms with E-state index in [9.17, 15) is 4.79 Å². The largest absolute Gasteiger partial charge is 0.484 e. The fourth-order valence-corrected chi connectivity index (χ4v) is 1.97. The first-order valence-corrected chi connectivity index (χ1v) is 6.53. The second-order valence-corrected chi connectivity index (χ2v) is 4.25. The Balaban J connectivity index is 2.22. The van der Waals surface area contributed by atoms with Crippen LogP contribution in [-0.4, -0.2) is 19.7 Å². The summed E-state index contributed by atoms with van der Waals surface area (Å²) < 4.78 is 15.7. The zero-order valence-electron chi connectivity index (χ0n) is 11.9. The van der Waals surface area contributed by atoms with Crippen LogP contribution in [0.4, 0.5) is 0 Å². The molecule has 0 aliphatic heterocycles. The van der Waals surface area contributed by atoms with Crippen molar-refractivity contribution in [3.05, 3.63) is 41.7 Å². The lowest BCUT2D eigenvalue weighted by atomic mass is 10.2. The molecule has 0 fully saturated rings. The van der Waals surface area contributed by atoms with Gasteiger partial charge in [-0.1, -0.05) is 19.1 Å². The predicted molar refractivity (Wildman–Crippen MR) is 76.8 cm³/mol. The molecule has 21 heavy (non-hydrogen) atoms. The van der Waals surface area contributed by atoms with Crippen LogP contribution in [0.3, 0.4) is 0 Å². The summed E-state index contributed by atoms with van der Waals surface area (Å²) in [4.78, 5) is 11.5. The molecule has 5 nitrogen and oxygen atoms in total. The number of nitrogens with zero attached hydrogens (tertiary/aromatic N) is 1. The van der Waals surface area contributed by atoms with E-state index in [4.69, 9.17) is 14.4 Å². The summed E-state index contributed by atoms with van der Waals surface area (Å²) in [7, 11) is 1.34. The molecule has 2 aromatic rings. The molecule has 0 atom stereocenters. The number of furan rings is 1. The summed E-state index contributed by atoms with van der Waals surface area (Å²) in [5.41, 5.74) is 1.13. The van der Waals surface area contributed by atoms with Crippen LogP contribution in [0, 0.1) is 11.3 Å². The maximum atomic E-state index is 11.5. The fraction of sp³-hybridized carbons (Fsp3) is 0.250. The van der Waals surface area contributed by atoms with Crippen molar-refractivity contribution in [2.45, 2.75) is 13.3 Å². The van der Waals surface area contributed by atoms with E-state index in [1.807, 2.05) is 31.2 Å². The average Bonchev–Trinajstić information content (AvgIpc) is 2.89. The van der Waals surface area contributed by atoms with Crippen molar-refractivity contribution in [2.75, 3.05) is 13.7 Å². The molecule has 1 aromatic carbocycles. The molecule has 0 saturated heterocycles. The summed E-state index contributed by atoms with van der Waals surface area (Å²) in [5, 5.41) is 9.82. The smallest absolute Gasteiger partial charge is 0.333 e. The number of hydrogen-bond donors (Lipinski definition) is 0. The Morgan fingerprint density at radius 2 is 2.19 bits per heavy atom. The minimum Gasteiger partial charge on any atom is -0.484 e. The molecule has 108 valence electrons. The normalized spacial score (nSPS) is 11.2. The number of para-hydroxylation sites is 1.